The van der Waals surface area contributed by atoms with Gasteiger partial charge in [-0.15, -0.1) is 0 Å². The number of nitrogens with one attached hydrogen (secondary N) is 1. The van der Waals surface area contributed by atoms with Gasteiger partial charge in [0, 0.05) is 18.5 Å². The Morgan fingerprint density at radius 1 is 0.848 bits per heavy atom. The van der Waals surface area contributed by atoms with E-state index in [4.69, 9.17) is 23.2 Å². The third-order valence-corrected chi connectivity index (χ3v) is 9.64. The number of aryl methyl sites for hydroxylation is 1. The van der Waals surface area contributed by atoms with Crippen LogP contribution in [-0.4, -0.2) is 43.3 Å². The summed E-state index contributed by atoms with van der Waals surface area (Å²) >= 11 is 12.5. The average molecular weight is 685 g/mol. The number of rotatable bonds is 11. The van der Waals surface area contributed by atoms with Crippen LogP contribution in [0.25, 0.3) is 0 Å². The first-order valence-electron chi connectivity index (χ1n) is 14.6. The van der Waals surface area contributed by atoms with Gasteiger partial charge in [-0.3, -0.25) is 13.9 Å². The van der Waals surface area contributed by atoms with Gasteiger partial charge < -0.3 is 10.2 Å². The zero-order valence-corrected chi connectivity index (χ0v) is 28.3. The van der Waals surface area contributed by atoms with Crippen LogP contribution < -0.4 is 9.62 Å². The summed E-state index contributed by atoms with van der Waals surface area (Å²) in [5.41, 5.74) is 1.69. The molecule has 0 aliphatic rings. The molecule has 0 aromatic heterocycles. The maximum Gasteiger partial charge on any atom is 0.264 e. The number of hydrogen-bond donors (Lipinski definition) is 1. The van der Waals surface area contributed by atoms with Crippen molar-refractivity contribution in [2.24, 2.45) is 0 Å². The van der Waals surface area contributed by atoms with Crippen molar-refractivity contribution in [1.82, 2.24) is 10.2 Å². The predicted molar refractivity (Wildman–Crippen MR) is 181 cm³/mol. The molecule has 2 amide bonds. The lowest BCUT2D eigenvalue weighted by atomic mass is 10.0. The Bertz CT molecular complexity index is 1780. The lowest BCUT2D eigenvalue weighted by Gasteiger charge is -2.35. The lowest BCUT2D eigenvalue weighted by molar-refractivity contribution is -0.140. The van der Waals surface area contributed by atoms with Crippen LogP contribution in [0.4, 0.5) is 10.1 Å². The first kappa shape index (κ1) is 34.9. The van der Waals surface area contributed by atoms with Gasteiger partial charge in [0.1, 0.15) is 18.4 Å². The summed E-state index contributed by atoms with van der Waals surface area (Å²) in [6.07, 6.45) is 0.150. The Morgan fingerprint density at radius 2 is 1.48 bits per heavy atom. The fourth-order valence-corrected chi connectivity index (χ4v) is 6.55. The second kappa shape index (κ2) is 14.7. The third-order valence-electron chi connectivity index (χ3n) is 7.11. The Kier molecular flexibility index (Phi) is 11.1. The monoisotopic (exact) mass is 683 g/mol. The van der Waals surface area contributed by atoms with E-state index in [1.165, 1.54) is 29.2 Å². The molecule has 0 unspecified atom stereocenters. The van der Waals surface area contributed by atoms with Crippen molar-refractivity contribution in [2.45, 2.75) is 57.1 Å². The zero-order valence-electron chi connectivity index (χ0n) is 26.0. The zero-order chi connectivity index (χ0) is 33.6. The molecule has 0 aliphatic heterocycles. The van der Waals surface area contributed by atoms with Gasteiger partial charge in [0.2, 0.25) is 11.8 Å². The highest BCUT2D eigenvalue weighted by Crippen LogP contribution is 2.27. The molecule has 0 aliphatic carbocycles. The van der Waals surface area contributed by atoms with E-state index in [0.717, 1.165) is 27.6 Å². The Hall–Kier alpha value is -3.92. The minimum atomic E-state index is -4.31. The lowest BCUT2D eigenvalue weighted by Crippen LogP contribution is -2.56. The number of anilines is 1. The van der Waals surface area contributed by atoms with Gasteiger partial charge in [-0.2, -0.15) is 0 Å². The van der Waals surface area contributed by atoms with E-state index < -0.39 is 45.8 Å². The van der Waals surface area contributed by atoms with Crippen LogP contribution in [0.2, 0.25) is 10.0 Å². The van der Waals surface area contributed by atoms with Crippen molar-refractivity contribution >= 4 is 50.7 Å². The maximum atomic E-state index is 14.5. The number of sulfonamides is 1. The standard InChI is InChI=1S/C35H36Cl2FN3O4S/c1-24-10-17-29(18-11-24)46(44,45)41(28-15-13-27(38)14-16-28)23-33(42)40(22-26-12-19-30(36)31(37)20-26)32(34(43)39-35(2,3)4)21-25-8-6-5-7-9-25/h5-20,32H,21-23H2,1-4H3,(H,39,43)/t32-/m0/s1. The summed E-state index contributed by atoms with van der Waals surface area (Å²) < 4.78 is 43.0. The van der Waals surface area contributed by atoms with Crippen LogP contribution in [0.3, 0.4) is 0 Å². The molecule has 0 heterocycles. The van der Waals surface area contributed by atoms with Crippen molar-refractivity contribution in [2.75, 3.05) is 10.8 Å². The fraction of sp³-hybridized carbons (Fsp3) is 0.257. The van der Waals surface area contributed by atoms with E-state index in [-0.39, 0.29) is 28.6 Å². The van der Waals surface area contributed by atoms with Crippen molar-refractivity contribution in [3.05, 3.63) is 130 Å². The first-order chi connectivity index (χ1) is 21.6. The highest BCUT2D eigenvalue weighted by Gasteiger charge is 2.35. The Morgan fingerprint density at radius 3 is 2.07 bits per heavy atom. The summed E-state index contributed by atoms with van der Waals surface area (Å²) in [6, 6.07) is 24.1. The first-order valence-corrected chi connectivity index (χ1v) is 16.8. The average Bonchev–Trinajstić information content (AvgIpc) is 2.99. The van der Waals surface area contributed by atoms with Gasteiger partial charge in [-0.1, -0.05) is 77.3 Å². The number of carbonyl (C=O) groups excluding carboxylic acids is 2. The van der Waals surface area contributed by atoms with E-state index in [1.807, 2.05) is 58.0 Å². The maximum absolute atomic E-state index is 14.5. The van der Waals surface area contributed by atoms with Crippen LogP contribution >= 0.6 is 23.2 Å². The molecule has 1 N–H and O–H groups in total. The topological polar surface area (TPSA) is 86.8 Å². The fourth-order valence-electron chi connectivity index (χ4n) is 4.82. The second-order valence-electron chi connectivity index (χ2n) is 12.0. The molecule has 11 heteroatoms. The number of benzene rings is 4. The number of carbonyl (C=O) groups is 2. The van der Waals surface area contributed by atoms with E-state index in [2.05, 4.69) is 5.32 Å². The highest BCUT2D eigenvalue weighted by molar-refractivity contribution is 7.92. The molecule has 0 saturated carbocycles. The van der Waals surface area contributed by atoms with E-state index in [0.29, 0.717) is 10.6 Å². The molecule has 0 saturated heterocycles. The van der Waals surface area contributed by atoms with Crippen molar-refractivity contribution in [3.63, 3.8) is 0 Å². The van der Waals surface area contributed by atoms with Gasteiger partial charge in [-0.25, -0.2) is 12.8 Å². The van der Waals surface area contributed by atoms with Crippen LogP contribution in [0.1, 0.15) is 37.5 Å². The molecule has 0 bridgehead atoms. The van der Waals surface area contributed by atoms with Crippen LogP contribution in [0.15, 0.2) is 102 Å². The summed E-state index contributed by atoms with van der Waals surface area (Å²) in [5.74, 6) is -1.64. The van der Waals surface area contributed by atoms with Gasteiger partial charge in [0.05, 0.1) is 20.6 Å². The predicted octanol–water partition coefficient (Wildman–Crippen LogP) is 7.19. The van der Waals surface area contributed by atoms with Crippen LogP contribution in [-0.2, 0) is 32.6 Å². The summed E-state index contributed by atoms with van der Waals surface area (Å²) in [4.78, 5) is 29.7. The molecule has 1 atom stereocenters. The number of amides is 2. The smallest absolute Gasteiger partial charge is 0.264 e. The molecule has 4 aromatic carbocycles. The normalized spacial score (nSPS) is 12.3. The van der Waals surface area contributed by atoms with Crippen molar-refractivity contribution in [1.29, 1.82) is 0 Å². The summed E-state index contributed by atoms with van der Waals surface area (Å²) in [7, 11) is -4.31. The largest absolute Gasteiger partial charge is 0.350 e. The molecule has 0 radical (unpaired) electrons. The Balaban J connectivity index is 1.83. The summed E-state index contributed by atoms with van der Waals surface area (Å²) in [5, 5.41) is 3.56. The third kappa shape index (κ3) is 9.09. The molecular formula is C35H36Cl2FN3O4S. The second-order valence-corrected chi connectivity index (χ2v) is 14.7. The molecular weight excluding hydrogens is 648 g/mol. The molecule has 4 aromatic rings. The molecule has 7 nitrogen and oxygen atoms in total. The highest BCUT2D eigenvalue weighted by atomic mass is 35.5. The number of nitrogens with zero attached hydrogens (tertiary/aromatic N) is 2. The molecule has 4 rings (SSSR count). The number of hydrogen-bond acceptors (Lipinski definition) is 4. The van der Waals surface area contributed by atoms with Gasteiger partial charge >= 0.3 is 0 Å². The number of halogens is 3. The van der Waals surface area contributed by atoms with E-state index in [9.17, 15) is 22.4 Å². The Labute approximate surface area is 280 Å². The van der Waals surface area contributed by atoms with Crippen molar-refractivity contribution < 1.29 is 22.4 Å². The summed E-state index contributed by atoms with van der Waals surface area (Å²) in [6.45, 7) is 6.58. The van der Waals surface area contributed by atoms with E-state index >= 15 is 0 Å². The van der Waals surface area contributed by atoms with E-state index in [1.54, 1.807) is 30.3 Å². The minimum Gasteiger partial charge on any atom is -0.350 e. The van der Waals surface area contributed by atoms with Crippen LogP contribution in [0, 0.1) is 12.7 Å². The van der Waals surface area contributed by atoms with Gasteiger partial charge in [0.25, 0.3) is 10.0 Å². The molecule has 0 spiro atoms. The van der Waals surface area contributed by atoms with Gasteiger partial charge in [0.15, 0.2) is 0 Å². The quantitative estimate of drug-likeness (QED) is 0.181. The van der Waals surface area contributed by atoms with Crippen molar-refractivity contribution in [3.8, 4) is 0 Å². The SMILES string of the molecule is Cc1ccc(S(=O)(=O)N(CC(=O)N(Cc2ccc(Cl)c(Cl)c2)[C@@H](Cc2ccccc2)C(=O)NC(C)(C)C)c2ccc(F)cc2)cc1. The van der Waals surface area contributed by atoms with Gasteiger partial charge in [-0.05, 0) is 87.4 Å². The van der Waals surface area contributed by atoms with Crippen LogP contribution in [0.5, 0.6) is 0 Å². The molecule has 0 fully saturated rings. The molecule has 242 valence electrons. The molecule has 46 heavy (non-hydrogen) atoms. The minimum absolute atomic E-state index is 0.0439.